The third-order valence-electron chi connectivity index (χ3n) is 2.82. The molecule has 2 rings (SSSR count). The highest BCUT2D eigenvalue weighted by Crippen LogP contribution is 2.30. The van der Waals surface area contributed by atoms with Gasteiger partial charge in [0.2, 0.25) is 0 Å². The Kier molecular flexibility index (Phi) is 3.66. The summed E-state index contributed by atoms with van der Waals surface area (Å²) < 4.78 is 52.3. The summed E-state index contributed by atoms with van der Waals surface area (Å²) in [5.41, 5.74) is 2.23. The molecule has 2 aromatic rings. The van der Waals surface area contributed by atoms with E-state index in [1.165, 1.54) is 0 Å². The molecule has 0 saturated heterocycles. The van der Waals surface area contributed by atoms with Crippen LogP contribution in [0, 0.1) is 12.7 Å². The first-order valence-electron chi connectivity index (χ1n) is 5.54. The molecule has 1 aromatic heterocycles. The fourth-order valence-electron chi connectivity index (χ4n) is 1.71. The second-order valence-corrected chi connectivity index (χ2v) is 4.63. The van der Waals surface area contributed by atoms with Crippen LogP contribution in [0.25, 0.3) is 5.69 Å². The molecule has 112 valence electrons. The van der Waals surface area contributed by atoms with Crippen molar-refractivity contribution in [2.75, 3.05) is 5.73 Å². The van der Waals surface area contributed by atoms with Gasteiger partial charge in [-0.2, -0.15) is 23.0 Å². The topological polar surface area (TPSA) is 60.9 Å². The Hall–Kier alpha value is -2.09. The summed E-state index contributed by atoms with van der Waals surface area (Å²) in [7, 11) is 0. The predicted octanol–water partition coefficient (Wildman–Crippen LogP) is 2.93. The van der Waals surface area contributed by atoms with E-state index in [0.29, 0.717) is 10.9 Å². The Balaban J connectivity index is 2.71. The van der Waals surface area contributed by atoms with Gasteiger partial charge in [0, 0.05) is 5.56 Å². The fraction of sp³-hybridized carbons (Fsp3) is 0.167. The van der Waals surface area contributed by atoms with E-state index in [2.05, 4.69) is 5.10 Å². The molecule has 0 atom stereocenters. The van der Waals surface area contributed by atoms with Crippen LogP contribution in [0.2, 0.25) is 5.02 Å². The van der Waals surface area contributed by atoms with E-state index in [1.807, 2.05) is 0 Å². The van der Waals surface area contributed by atoms with Gasteiger partial charge in [-0.15, -0.1) is 0 Å². The SMILES string of the molecule is Cc1c(C(F)(F)F)cnn(-c2cc(N)c(Cl)cc2F)c1=O. The van der Waals surface area contributed by atoms with E-state index in [1.54, 1.807) is 0 Å². The lowest BCUT2D eigenvalue weighted by molar-refractivity contribution is -0.138. The van der Waals surface area contributed by atoms with Gasteiger partial charge in [-0.05, 0) is 19.1 Å². The summed E-state index contributed by atoms with van der Waals surface area (Å²) in [6.07, 6.45) is -4.26. The van der Waals surface area contributed by atoms with Crippen molar-refractivity contribution in [1.82, 2.24) is 9.78 Å². The molecule has 0 amide bonds. The number of halogens is 5. The maximum atomic E-state index is 13.8. The summed E-state index contributed by atoms with van der Waals surface area (Å²) in [5, 5.41) is 3.28. The number of rotatable bonds is 1. The summed E-state index contributed by atoms with van der Waals surface area (Å²) in [5.74, 6) is -0.928. The zero-order valence-corrected chi connectivity index (χ0v) is 11.3. The smallest absolute Gasteiger partial charge is 0.397 e. The summed E-state index contributed by atoms with van der Waals surface area (Å²) in [6, 6.07) is 1.88. The molecule has 0 bridgehead atoms. The molecule has 1 aromatic carbocycles. The van der Waals surface area contributed by atoms with E-state index in [9.17, 15) is 22.4 Å². The van der Waals surface area contributed by atoms with E-state index >= 15 is 0 Å². The van der Waals surface area contributed by atoms with Crippen molar-refractivity contribution in [3.05, 3.63) is 50.7 Å². The lowest BCUT2D eigenvalue weighted by atomic mass is 10.2. The molecule has 1 heterocycles. The summed E-state index contributed by atoms with van der Waals surface area (Å²) >= 11 is 5.61. The number of hydrogen-bond acceptors (Lipinski definition) is 3. The Morgan fingerprint density at radius 1 is 1.33 bits per heavy atom. The van der Waals surface area contributed by atoms with Crippen LogP contribution in [-0.2, 0) is 6.18 Å². The third-order valence-corrected chi connectivity index (χ3v) is 3.15. The van der Waals surface area contributed by atoms with Gasteiger partial charge in [-0.1, -0.05) is 11.6 Å². The second kappa shape index (κ2) is 5.03. The van der Waals surface area contributed by atoms with Crippen LogP contribution >= 0.6 is 11.6 Å². The highest BCUT2D eigenvalue weighted by molar-refractivity contribution is 6.33. The van der Waals surface area contributed by atoms with Gasteiger partial charge >= 0.3 is 6.18 Å². The quantitative estimate of drug-likeness (QED) is 0.649. The fourth-order valence-corrected chi connectivity index (χ4v) is 1.86. The van der Waals surface area contributed by atoms with Crippen LogP contribution in [0.15, 0.2) is 23.1 Å². The number of benzene rings is 1. The number of anilines is 1. The largest absolute Gasteiger partial charge is 0.418 e. The van der Waals surface area contributed by atoms with Crippen molar-refractivity contribution in [2.45, 2.75) is 13.1 Å². The number of nitrogen functional groups attached to an aromatic ring is 1. The van der Waals surface area contributed by atoms with Crippen LogP contribution in [0.4, 0.5) is 23.2 Å². The molecule has 0 spiro atoms. The normalized spacial score (nSPS) is 11.7. The average molecular weight is 322 g/mol. The molecule has 0 aliphatic carbocycles. The van der Waals surface area contributed by atoms with E-state index in [-0.39, 0.29) is 16.4 Å². The molecule has 0 unspecified atom stereocenters. The predicted molar refractivity (Wildman–Crippen MR) is 69.0 cm³/mol. The molecule has 21 heavy (non-hydrogen) atoms. The van der Waals surface area contributed by atoms with Crippen molar-refractivity contribution in [1.29, 1.82) is 0 Å². The first-order chi connectivity index (χ1) is 9.62. The standard InChI is InChI=1S/C12H8ClF4N3O/c1-5-6(12(15,16)17)4-19-20(11(5)21)10-3-9(18)7(13)2-8(10)14/h2-4H,18H2,1H3. The van der Waals surface area contributed by atoms with Gasteiger partial charge in [0.25, 0.3) is 5.56 Å². The number of nitrogens with two attached hydrogens (primary N) is 1. The minimum absolute atomic E-state index is 0.0284. The first-order valence-corrected chi connectivity index (χ1v) is 5.91. The summed E-state index contributed by atoms with van der Waals surface area (Å²) in [4.78, 5) is 11.9. The van der Waals surface area contributed by atoms with Gasteiger partial charge < -0.3 is 5.73 Å². The van der Waals surface area contributed by atoms with Crippen molar-refractivity contribution >= 4 is 17.3 Å². The number of nitrogens with zero attached hydrogens (tertiary/aromatic N) is 2. The van der Waals surface area contributed by atoms with Crippen molar-refractivity contribution in [3.8, 4) is 5.69 Å². The van der Waals surface area contributed by atoms with Crippen LogP contribution in [0.1, 0.15) is 11.1 Å². The Bertz CT molecular complexity index is 770. The van der Waals surface area contributed by atoms with Crippen LogP contribution < -0.4 is 11.3 Å². The zero-order valence-electron chi connectivity index (χ0n) is 10.5. The maximum Gasteiger partial charge on any atom is 0.418 e. The van der Waals surface area contributed by atoms with E-state index < -0.39 is 28.7 Å². The Labute approximate surface area is 120 Å². The number of alkyl halides is 3. The Morgan fingerprint density at radius 3 is 2.52 bits per heavy atom. The number of hydrogen-bond donors (Lipinski definition) is 1. The Morgan fingerprint density at radius 2 is 1.95 bits per heavy atom. The average Bonchev–Trinajstić information content (AvgIpc) is 2.36. The molecule has 0 radical (unpaired) electrons. The summed E-state index contributed by atoms with van der Waals surface area (Å²) in [6.45, 7) is 0.987. The lowest BCUT2D eigenvalue weighted by Gasteiger charge is -2.12. The highest BCUT2D eigenvalue weighted by atomic mass is 35.5. The lowest BCUT2D eigenvalue weighted by Crippen LogP contribution is -2.28. The van der Waals surface area contributed by atoms with Crippen molar-refractivity contribution < 1.29 is 17.6 Å². The second-order valence-electron chi connectivity index (χ2n) is 4.22. The molecule has 0 fully saturated rings. The van der Waals surface area contributed by atoms with E-state index in [4.69, 9.17) is 17.3 Å². The molecule has 9 heteroatoms. The van der Waals surface area contributed by atoms with Gasteiger partial charge in [0.15, 0.2) is 5.82 Å². The molecular weight excluding hydrogens is 314 g/mol. The van der Waals surface area contributed by atoms with Gasteiger partial charge in [-0.3, -0.25) is 4.79 Å². The van der Waals surface area contributed by atoms with Crippen LogP contribution in [0.3, 0.4) is 0 Å². The highest BCUT2D eigenvalue weighted by Gasteiger charge is 2.34. The minimum atomic E-state index is -4.72. The maximum absolute atomic E-state index is 13.8. The van der Waals surface area contributed by atoms with E-state index in [0.717, 1.165) is 19.1 Å². The van der Waals surface area contributed by atoms with Crippen LogP contribution in [-0.4, -0.2) is 9.78 Å². The molecule has 2 N–H and O–H groups in total. The zero-order chi connectivity index (χ0) is 15.9. The van der Waals surface area contributed by atoms with Gasteiger partial charge in [0.05, 0.1) is 22.5 Å². The third kappa shape index (κ3) is 2.71. The number of aromatic nitrogens is 2. The van der Waals surface area contributed by atoms with Gasteiger partial charge in [-0.25, -0.2) is 4.39 Å². The van der Waals surface area contributed by atoms with Crippen LogP contribution in [0.5, 0.6) is 0 Å². The molecule has 4 nitrogen and oxygen atoms in total. The molecule has 0 aliphatic rings. The molecular formula is C12H8ClF4N3O. The monoisotopic (exact) mass is 321 g/mol. The molecule has 0 aliphatic heterocycles. The molecule has 0 saturated carbocycles. The first kappa shape index (κ1) is 15.3. The van der Waals surface area contributed by atoms with Crippen molar-refractivity contribution in [2.24, 2.45) is 0 Å². The van der Waals surface area contributed by atoms with Crippen molar-refractivity contribution in [3.63, 3.8) is 0 Å². The van der Waals surface area contributed by atoms with Gasteiger partial charge in [0.1, 0.15) is 5.69 Å². The minimum Gasteiger partial charge on any atom is -0.397 e.